The average Bonchev–Trinajstić information content (AvgIpc) is 2.66. The van der Waals surface area contributed by atoms with E-state index in [1.165, 1.54) is 0 Å². The van der Waals surface area contributed by atoms with Crippen LogP contribution in [-0.2, 0) is 14.4 Å². The van der Waals surface area contributed by atoms with Crippen LogP contribution in [0.15, 0.2) is 0 Å². The molecule has 1 atom stereocenters. The summed E-state index contributed by atoms with van der Waals surface area (Å²) in [5.74, 6) is -1.40. The van der Waals surface area contributed by atoms with Gasteiger partial charge in [0.2, 0.25) is 0 Å². The third-order valence-electron chi connectivity index (χ3n) is 2.64. The maximum Gasteiger partial charge on any atom is 0.332 e. The Hall–Kier alpha value is -1.14. The maximum absolute atomic E-state index is 11.7. The second-order valence-electron chi connectivity index (χ2n) is 3.58. The normalized spacial score (nSPS) is 25.1. The molecule has 0 aromatic heterocycles. The largest absolute Gasteiger partial charge is 0.479 e. The number of amides is 1. The molecule has 0 aromatic carbocycles. The Kier molecular flexibility index (Phi) is 4.05. The van der Waals surface area contributed by atoms with Gasteiger partial charge in [0.25, 0.3) is 5.91 Å². The minimum Gasteiger partial charge on any atom is -0.479 e. The van der Waals surface area contributed by atoms with Crippen LogP contribution in [-0.4, -0.2) is 35.7 Å². The summed E-state index contributed by atoms with van der Waals surface area (Å²) in [6, 6.07) is 0. The molecular formula is C9H16N2O4. The Bertz CT molecular complexity index is 248. The van der Waals surface area contributed by atoms with E-state index in [1.807, 2.05) is 6.92 Å². The van der Waals surface area contributed by atoms with Crippen molar-refractivity contribution >= 4 is 11.9 Å². The lowest BCUT2D eigenvalue weighted by atomic mass is 9.94. The van der Waals surface area contributed by atoms with Gasteiger partial charge in [-0.05, 0) is 25.8 Å². The van der Waals surface area contributed by atoms with Crippen molar-refractivity contribution in [2.45, 2.75) is 31.7 Å². The first kappa shape index (κ1) is 11.9. The SMILES string of the molecule is CCC1(C(=O)NOCC(=O)O)CCCN1. The molecule has 0 aliphatic carbocycles. The Morgan fingerprint density at radius 2 is 2.33 bits per heavy atom. The standard InChI is InChI=1S/C9H16N2O4/c1-2-9(4-3-5-10-9)8(14)11-15-6-7(12)13/h10H,2-6H2,1H3,(H,11,14)(H,12,13). The topological polar surface area (TPSA) is 87.7 Å². The summed E-state index contributed by atoms with van der Waals surface area (Å²) < 4.78 is 0. The molecule has 0 saturated carbocycles. The predicted octanol–water partition coefficient (Wildman–Crippen LogP) is -0.349. The second-order valence-corrected chi connectivity index (χ2v) is 3.58. The molecule has 1 rings (SSSR count). The summed E-state index contributed by atoms with van der Waals surface area (Å²) in [6.07, 6.45) is 2.36. The smallest absolute Gasteiger partial charge is 0.332 e. The molecule has 6 heteroatoms. The van der Waals surface area contributed by atoms with Crippen LogP contribution in [0.25, 0.3) is 0 Å². The molecule has 1 aliphatic heterocycles. The fourth-order valence-electron chi connectivity index (χ4n) is 1.72. The van der Waals surface area contributed by atoms with Gasteiger partial charge in [0.05, 0.1) is 5.54 Å². The van der Waals surface area contributed by atoms with Crippen LogP contribution < -0.4 is 10.8 Å². The first-order chi connectivity index (χ1) is 7.10. The van der Waals surface area contributed by atoms with Crippen molar-refractivity contribution < 1.29 is 19.5 Å². The van der Waals surface area contributed by atoms with Crippen molar-refractivity contribution in [3.8, 4) is 0 Å². The molecule has 86 valence electrons. The molecule has 15 heavy (non-hydrogen) atoms. The van der Waals surface area contributed by atoms with E-state index in [-0.39, 0.29) is 5.91 Å². The van der Waals surface area contributed by atoms with E-state index < -0.39 is 18.1 Å². The first-order valence-corrected chi connectivity index (χ1v) is 5.00. The van der Waals surface area contributed by atoms with E-state index >= 15 is 0 Å². The second kappa shape index (κ2) is 5.09. The van der Waals surface area contributed by atoms with Gasteiger partial charge in [-0.2, -0.15) is 0 Å². The highest BCUT2D eigenvalue weighted by Crippen LogP contribution is 2.22. The maximum atomic E-state index is 11.7. The number of rotatable bonds is 5. The van der Waals surface area contributed by atoms with Gasteiger partial charge >= 0.3 is 5.97 Å². The number of carboxylic acids is 1. The molecule has 1 unspecified atom stereocenters. The summed E-state index contributed by atoms with van der Waals surface area (Å²) in [5.41, 5.74) is 1.58. The first-order valence-electron chi connectivity index (χ1n) is 5.00. The highest BCUT2D eigenvalue weighted by Gasteiger charge is 2.39. The minimum atomic E-state index is -1.11. The third-order valence-corrected chi connectivity index (χ3v) is 2.64. The van der Waals surface area contributed by atoms with Gasteiger partial charge in [0.15, 0.2) is 6.61 Å². The number of hydrogen-bond donors (Lipinski definition) is 3. The molecule has 0 spiro atoms. The van der Waals surface area contributed by atoms with Gasteiger partial charge in [-0.15, -0.1) is 0 Å². The third kappa shape index (κ3) is 2.90. The number of hydrogen-bond acceptors (Lipinski definition) is 4. The predicted molar refractivity (Wildman–Crippen MR) is 52.0 cm³/mol. The van der Waals surface area contributed by atoms with Crippen LogP contribution >= 0.6 is 0 Å². The molecular weight excluding hydrogens is 200 g/mol. The zero-order valence-electron chi connectivity index (χ0n) is 8.71. The molecule has 1 saturated heterocycles. The molecule has 0 aromatic rings. The van der Waals surface area contributed by atoms with Gasteiger partial charge < -0.3 is 10.4 Å². The molecule has 6 nitrogen and oxygen atoms in total. The number of carboxylic acid groups (broad SMARTS) is 1. The van der Waals surface area contributed by atoms with Crippen molar-refractivity contribution in [3.05, 3.63) is 0 Å². The van der Waals surface area contributed by atoms with E-state index in [9.17, 15) is 9.59 Å². The monoisotopic (exact) mass is 216 g/mol. The van der Waals surface area contributed by atoms with Crippen LogP contribution in [0.4, 0.5) is 0 Å². The number of carbonyl (C=O) groups excluding carboxylic acids is 1. The lowest BCUT2D eigenvalue weighted by Crippen LogP contribution is -2.53. The van der Waals surface area contributed by atoms with Crippen molar-refractivity contribution in [1.82, 2.24) is 10.8 Å². The molecule has 1 heterocycles. The van der Waals surface area contributed by atoms with Crippen LogP contribution in [0.1, 0.15) is 26.2 Å². The molecule has 3 N–H and O–H groups in total. The number of nitrogens with one attached hydrogen (secondary N) is 2. The Balaban J connectivity index is 2.40. The number of carbonyl (C=O) groups is 2. The Morgan fingerprint density at radius 3 is 2.80 bits per heavy atom. The highest BCUT2D eigenvalue weighted by atomic mass is 16.7. The fraction of sp³-hybridized carbons (Fsp3) is 0.778. The van der Waals surface area contributed by atoms with E-state index in [2.05, 4.69) is 15.6 Å². The molecule has 0 radical (unpaired) electrons. The summed E-state index contributed by atoms with van der Waals surface area (Å²) in [6.45, 7) is 2.20. The van der Waals surface area contributed by atoms with E-state index in [1.54, 1.807) is 0 Å². The lowest BCUT2D eigenvalue weighted by molar-refractivity contribution is -0.151. The minimum absolute atomic E-state index is 0.288. The van der Waals surface area contributed by atoms with Gasteiger partial charge in [-0.1, -0.05) is 6.92 Å². The van der Waals surface area contributed by atoms with E-state index in [0.29, 0.717) is 6.42 Å². The van der Waals surface area contributed by atoms with Crippen LogP contribution in [0.2, 0.25) is 0 Å². The highest BCUT2D eigenvalue weighted by molar-refractivity contribution is 5.85. The average molecular weight is 216 g/mol. The zero-order valence-corrected chi connectivity index (χ0v) is 8.71. The summed E-state index contributed by atoms with van der Waals surface area (Å²) >= 11 is 0. The number of aliphatic carboxylic acids is 1. The summed E-state index contributed by atoms with van der Waals surface area (Å²) in [7, 11) is 0. The molecule has 1 fully saturated rings. The van der Waals surface area contributed by atoms with E-state index in [4.69, 9.17) is 5.11 Å². The van der Waals surface area contributed by atoms with Gasteiger partial charge in [-0.25, -0.2) is 10.3 Å². The summed E-state index contributed by atoms with van der Waals surface area (Å²) in [4.78, 5) is 26.4. The Labute approximate surface area is 87.9 Å². The van der Waals surface area contributed by atoms with Gasteiger partial charge in [0, 0.05) is 0 Å². The van der Waals surface area contributed by atoms with Crippen molar-refractivity contribution in [1.29, 1.82) is 0 Å². The van der Waals surface area contributed by atoms with Crippen LogP contribution in [0.3, 0.4) is 0 Å². The lowest BCUT2D eigenvalue weighted by Gasteiger charge is -2.25. The van der Waals surface area contributed by atoms with Gasteiger partial charge in [-0.3, -0.25) is 9.63 Å². The fourth-order valence-corrected chi connectivity index (χ4v) is 1.72. The van der Waals surface area contributed by atoms with Crippen LogP contribution in [0, 0.1) is 0 Å². The van der Waals surface area contributed by atoms with E-state index in [0.717, 1.165) is 19.4 Å². The van der Waals surface area contributed by atoms with Crippen molar-refractivity contribution in [3.63, 3.8) is 0 Å². The number of hydroxylamine groups is 1. The molecule has 1 amide bonds. The zero-order chi connectivity index (χ0) is 11.3. The molecule has 0 bridgehead atoms. The van der Waals surface area contributed by atoms with Crippen LogP contribution in [0.5, 0.6) is 0 Å². The van der Waals surface area contributed by atoms with Crippen molar-refractivity contribution in [2.24, 2.45) is 0 Å². The Morgan fingerprint density at radius 1 is 1.60 bits per heavy atom. The summed E-state index contributed by atoms with van der Waals surface area (Å²) in [5, 5.41) is 11.4. The quantitative estimate of drug-likeness (QED) is 0.547. The van der Waals surface area contributed by atoms with Gasteiger partial charge in [0.1, 0.15) is 0 Å². The van der Waals surface area contributed by atoms with Crippen molar-refractivity contribution in [2.75, 3.05) is 13.2 Å². The molecule has 1 aliphatic rings.